The predicted octanol–water partition coefficient (Wildman–Crippen LogP) is 2.63. The van der Waals surface area contributed by atoms with Crippen molar-refractivity contribution in [2.24, 2.45) is 7.05 Å². The summed E-state index contributed by atoms with van der Waals surface area (Å²) in [5, 5.41) is 1.09. The zero-order chi connectivity index (χ0) is 11.7. The molecular weight excluding hydrogens is 226 g/mol. The molecule has 5 heteroatoms. The third-order valence-corrected chi connectivity index (χ3v) is 2.45. The Morgan fingerprint density at radius 3 is 3.00 bits per heavy atom. The van der Waals surface area contributed by atoms with Crippen molar-refractivity contribution in [2.45, 2.75) is 6.92 Å². The van der Waals surface area contributed by atoms with E-state index in [1.807, 2.05) is 30.8 Å². The van der Waals surface area contributed by atoms with Gasteiger partial charge in [0.25, 0.3) is 0 Å². The van der Waals surface area contributed by atoms with Crippen molar-refractivity contribution in [2.75, 3.05) is 6.61 Å². The van der Waals surface area contributed by atoms with Gasteiger partial charge in [0, 0.05) is 18.6 Å². The van der Waals surface area contributed by atoms with Crippen LogP contribution in [0.4, 0.5) is 0 Å². The summed E-state index contributed by atoms with van der Waals surface area (Å²) < 4.78 is 7.23. The molecule has 16 heavy (non-hydrogen) atoms. The molecule has 2 aromatic heterocycles. The average molecular weight is 238 g/mol. The number of halogens is 1. The highest BCUT2D eigenvalue weighted by Crippen LogP contribution is 2.24. The minimum Gasteiger partial charge on any atom is -0.492 e. The molecule has 0 saturated carbocycles. The lowest BCUT2D eigenvalue weighted by atomic mass is 10.2. The Morgan fingerprint density at radius 1 is 1.56 bits per heavy atom. The number of nitrogens with zero attached hydrogens (tertiary/aromatic N) is 3. The van der Waals surface area contributed by atoms with Crippen LogP contribution in [0.2, 0.25) is 5.28 Å². The molecule has 2 rings (SSSR count). The van der Waals surface area contributed by atoms with E-state index in [4.69, 9.17) is 16.3 Å². The van der Waals surface area contributed by atoms with Gasteiger partial charge in [0.2, 0.25) is 5.28 Å². The third kappa shape index (κ3) is 1.76. The summed E-state index contributed by atoms with van der Waals surface area (Å²) in [5.41, 5.74) is 1.42. The Hall–Kier alpha value is -1.55. The van der Waals surface area contributed by atoms with Crippen LogP contribution in [0.25, 0.3) is 16.8 Å². The van der Waals surface area contributed by atoms with Crippen molar-refractivity contribution in [3.63, 3.8) is 0 Å². The Balaban J connectivity index is 2.64. The van der Waals surface area contributed by atoms with Gasteiger partial charge in [-0.25, -0.2) is 4.98 Å². The lowest BCUT2D eigenvalue weighted by Crippen LogP contribution is -1.98. The van der Waals surface area contributed by atoms with Crippen LogP contribution in [0.15, 0.2) is 18.8 Å². The largest absolute Gasteiger partial charge is 0.492 e. The molecule has 0 spiro atoms. The zero-order valence-electron chi connectivity index (χ0n) is 9.20. The van der Waals surface area contributed by atoms with Crippen molar-refractivity contribution >= 4 is 28.4 Å². The summed E-state index contributed by atoms with van der Waals surface area (Å²) in [6.45, 7) is 6.28. The first-order chi connectivity index (χ1) is 7.63. The second-order valence-electron chi connectivity index (χ2n) is 3.36. The third-order valence-electron chi connectivity index (χ3n) is 2.28. The molecule has 0 aromatic carbocycles. The van der Waals surface area contributed by atoms with E-state index >= 15 is 0 Å². The van der Waals surface area contributed by atoms with Crippen molar-refractivity contribution < 1.29 is 4.74 Å². The summed E-state index contributed by atoms with van der Waals surface area (Å²) >= 11 is 5.86. The minimum atomic E-state index is 0.199. The van der Waals surface area contributed by atoms with Crippen molar-refractivity contribution in [3.8, 4) is 0 Å². The van der Waals surface area contributed by atoms with Crippen molar-refractivity contribution in [1.29, 1.82) is 0 Å². The van der Waals surface area contributed by atoms with Gasteiger partial charge >= 0.3 is 0 Å². The highest BCUT2D eigenvalue weighted by molar-refractivity contribution is 6.28. The average Bonchev–Trinajstić information content (AvgIpc) is 2.60. The molecule has 0 amide bonds. The molecule has 0 aliphatic heterocycles. The second kappa shape index (κ2) is 4.14. The smallest absolute Gasteiger partial charge is 0.225 e. The summed E-state index contributed by atoms with van der Waals surface area (Å²) in [6.07, 6.45) is 1.90. The van der Waals surface area contributed by atoms with Crippen LogP contribution in [0.5, 0.6) is 0 Å². The van der Waals surface area contributed by atoms with Gasteiger partial charge in [-0.2, -0.15) is 4.98 Å². The Morgan fingerprint density at radius 2 is 2.31 bits per heavy atom. The van der Waals surface area contributed by atoms with Crippen LogP contribution in [-0.4, -0.2) is 21.1 Å². The lowest BCUT2D eigenvalue weighted by Gasteiger charge is -2.07. The molecule has 0 radical (unpaired) electrons. The van der Waals surface area contributed by atoms with E-state index in [0.29, 0.717) is 18.1 Å². The molecular formula is C11H12ClN3O. The Labute approximate surface area is 98.5 Å². The molecule has 0 unspecified atom stereocenters. The first kappa shape index (κ1) is 11.0. The van der Waals surface area contributed by atoms with Gasteiger partial charge in [-0.15, -0.1) is 0 Å². The van der Waals surface area contributed by atoms with Gasteiger partial charge in [-0.05, 0) is 24.6 Å². The van der Waals surface area contributed by atoms with Gasteiger partial charge in [0.15, 0.2) is 0 Å². The van der Waals surface area contributed by atoms with Crippen LogP contribution in [0.1, 0.15) is 12.6 Å². The van der Waals surface area contributed by atoms with Crippen molar-refractivity contribution in [1.82, 2.24) is 14.5 Å². The highest BCUT2D eigenvalue weighted by atomic mass is 35.5. The maximum Gasteiger partial charge on any atom is 0.225 e. The van der Waals surface area contributed by atoms with Crippen LogP contribution in [0, 0.1) is 0 Å². The van der Waals surface area contributed by atoms with E-state index in [0.717, 1.165) is 11.0 Å². The standard InChI is InChI=1S/C11H12ClN3O/c1-4-16-7(2)9-8-5-6-15(3)10(8)14-11(12)13-9/h5-6H,2,4H2,1,3H3. The van der Waals surface area contributed by atoms with Gasteiger partial charge in [0.1, 0.15) is 17.1 Å². The molecule has 0 atom stereocenters. The number of hydrogen-bond acceptors (Lipinski definition) is 3. The number of aromatic nitrogens is 3. The molecule has 0 fully saturated rings. The maximum absolute atomic E-state index is 5.86. The molecule has 0 aliphatic carbocycles. The van der Waals surface area contributed by atoms with Crippen LogP contribution >= 0.6 is 11.6 Å². The van der Waals surface area contributed by atoms with E-state index in [-0.39, 0.29) is 5.28 Å². The van der Waals surface area contributed by atoms with Gasteiger partial charge in [-0.3, -0.25) is 0 Å². The fraction of sp³-hybridized carbons (Fsp3) is 0.273. The normalized spacial score (nSPS) is 10.7. The van der Waals surface area contributed by atoms with E-state index in [1.54, 1.807) is 0 Å². The predicted molar refractivity (Wildman–Crippen MR) is 64.2 cm³/mol. The summed E-state index contributed by atoms with van der Waals surface area (Å²) in [6, 6.07) is 1.92. The topological polar surface area (TPSA) is 39.9 Å². The molecule has 0 aliphatic rings. The molecule has 0 N–H and O–H groups in total. The number of hydrogen-bond donors (Lipinski definition) is 0. The Bertz CT molecular complexity index is 547. The SMILES string of the molecule is C=C(OCC)c1nc(Cl)nc2c1ccn2C. The Kier molecular flexibility index (Phi) is 2.83. The van der Waals surface area contributed by atoms with Gasteiger partial charge < -0.3 is 9.30 Å². The van der Waals surface area contributed by atoms with Crippen molar-refractivity contribution in [3.05, 3.63) is 29.8 Å². The summed E-state index contributed by atoms with van der Waals surface area (Å²) in [5.74, 6) is 0.517. The van der Waals surface area contributed by atoms with Crippen LogP contribution in [-0.2, 0) is 11.8 Å². The second-order valence-corrected chi connectivity index (χ2v) is 3.70. The summed E-state index contributed by atoms with van der Waals surface area (Å²) in [7, 11) is 1.90. The molecule has 4 nitrogen and oxygen atoms in total. The first-order valence-electron chi connectivity index (χ1n) is 4.94. The molecule has 84 valence electrons. The zero-order valence-corrected chi connectivity index (χ0v) is 9.95. The number of rotatable bonds is 3. The fourth-order valence-corrected chi connectivity index (χ4v) is 1.73. The monoisotopic (exact) mass is 237 g/mol. The van der Waals surface area contributed by atoms with Crippen LogP contribution < -0.4 is 0 Å². The first-order valence-corrected chi connectivity index (χ1v) is 5.32. The lowest BCUT2D eigenvalue weighted by molar-refractivity contribution is 0.298. The molecule has 2 heterocycles. The number of fused-ring (bicyclic) bond motifs is 1. The highest BCUT2D eigenvalue weighted by Gasteiger charge is 2.12. The van der Waals surface area contributed by atoms with E-state index in [2.05, 4.69) is 16.5 Å². The number of ether oxygens (including phenoxy) is 1. The number of aryl methyl sites for hydroxylation is 1. The van der Waals surface area contributed by atoms with Gasteiger partial charge in [0.05, 0.1) is 6.61 Å². The molecule has 0 bridgehead atoms. The van der Waals surface area contributed by atoms with Gasteiger partial charge in [-0.1, -0.05) is 6.58 Å². The maximum atomic E-state index is 5.86. The van der Waals surface area contributed by atoms with E-state index in [1.165, 1.54) is 0 Å². The quantitative estimate of drug-likeness (QED) is 0.609. The van der Waals surface area contributed by atoms with E-state index < -0.39 is 0 Å². The minimum absolute atomic E-state index is 0.199. The fourth-order valence-electron chi connectivity index (χ4n) is 1.57. The van der Waals surface area contributed by atoms with Crippen LogP contribution in [0.3, 0.4) is 0 Å². The molecule has 0 saturated heterocycles. The summed E-state index contributed by atoms with van der Waals surface area (Å²) in [4.78, 5) is 8.31. The van der Waals surface area contributed by atoms with E-state index in [9.17, 15) is 0 Å². The molecule has 2 aromatic rings.